The number of fused-ring (bicyclic) bond motifs is 1. The number of benzene rings is 2. The van der Waals surface area contributed by atoms with Crippen LogP contribution in [0.5, 0.6) is 0 Å². The Kier molecular flexibility index (Phi) is 5.04. The maximum Gasteiger partial charge on any atom is 0.416 e. The van der Waals surface area contributed by atoms with Gasteiger partial charge >= 0.3 is 12.3 Å². The second-order valence-corrected chi connectivity index (χ2v) is 8.54. The van der Waals surface area contributed by atoms with Gasteiger partial charge in [-0.25, -0.2) is 4.79 Å². The van der Waals surface area contributed by atoms with Crippen molar-refractivity contribution in [3.05, 3.63) is 67.6 Å². The molecule has 2 fully saturated rings. The fourth-order valence-corrected chi connectivity index (χ4v) is 5.01. The zero-order valence-electron chi connectivity index (χ0n) is 14.1. The second kappa shape index (κ2) is 7.11. The predicted octanol–water partition coefficient (Wildman–Crippen LogP) is 7.17. The lowest BCUT2D eigenvalue weighted by atomic mass is 10.00. The van der Waals surface area contributed by atoms with Crippen molar-refractivity contribution >= 4 is 45.2 Å². The lowest BCUT2D eigenvalue weighted by molar-refractivity contribution is -0.137. The molecule has 9 heteroatoms. The minimum Gasteiger partial charge on any atom is -0.439 e. The molecule has 3 unspecified atom stereocenters. The molecule has 2 aliphatic rings. The molecule has 0 radical (unpaired) electrons. The Morgan fingerprint density at radius 3 is 2.39 bits per heavy atom. The van der Waals surface area contributed by atoms with Gasteiger partial charge in [0.1, 0.15) is 6.10 Å². The number of ether oxygens (including phenoxy) is 1. The van der Waals surface area contributed by atoms with Crippen LogP contribution >= 0.6 is 39.1 Å². The number of hydrogen-bond donors (Lipinski definition) is 0. The maximum atomic E-state index is 13.1. The van der Waals surface area contributed by atoms with Crippen LogP contribution in [0.1, 0.15) is 41.7 Å². The first kappa shape index (κ1) is 19.9. The summed E-state index contributed by atoms with van der Waals surface area (Å²) in [5.74, 6) is 0. The van der Waals surface area contributed by atoms with Gasteiger partial charge in [-0.15, -0.1) is 0 Å². The van der Waals surface area contributed by atoms with Gasteiger partial charge in [-0.1, -0.05) is 39.1 Å². The third-order valence-corrected chi connectivity index (χ3v) is 6.27. The monoisotopic (exact) mass is 493 g/mol. The summed E-state index contributed by atoms with van der Waals surface area (Å²) in [6, 6.07) is 7.61. The number of halogens is 6. The van der Waals surface area contributed by atoms with E-state index in [0.29, 0.717) is 38.5 Å². The van der Waals surface area contributed by atoms with E-state index in [1.54, 1.807) is 18.2 Å². The molecular weight excluding hydrogens is 482 g/mol. The van der Waals surface area contributed by atoms with Crippen LogP contribution in [0, 0.1) is 0 Å². The Balaban J connectivity index is 1.69. The number of rotatable bonds is 2. The Labute approximate surface area is 177 Å². The topological polar surface area (TPSA) is 29.5 Å². The maximum absolute atomic E-state index is 13.1. The van der Waals surface area contributed by atoms with E-state index >= 15 is 0 Å². The van der Waals surface area contributed by atoms with Gasteiger partial charge in [0.25, 0.3) is 0 Å². The fraction of sp³-hybridized carbons (Fsp3) is 0.316. The van der Waals surface area contributed by atoms with Crippen molar-refractivity contribution in [1.29, 1.82) is 0 Å². The Morgan fingerprint density at radius 2 is 1.75 bits per heavy atom. The molecule has 1 amide bonds. The average molecular weight is 495 g/mol. The van der Waals surface area contributed by atoms with Crippen molar-refractivity contribution in [1.82, 2.24) is 4.90 Å². The Morgan fingerprint density at radius 1 is 1.07 bits per heavy atom. The minimum absolute atomic E-state index is 0.298. The standard InChI is InChI=1S/C19H13BrCl2F3NO2/c20-14-2-1-10(19(23,24)25)7-13(14)15-3-4-16-17(28-18(27)26(15)16)9-5-11(21)8-12(22)6-9/h1-2,5-8,15-17H,3-4H2. The number of nitrogens with zero attached hydrogens (tertiary/aromatic N) is 1. The largest absolute Gasteiger partial charge is 0.439 e. The summed E-state index contributed by atoms with van der Waals surface area (Å²) in [5, 5.41) is 0.847. The molecule has 2 aromatic rings. The van der Waals surface area contributed by atoms with E-state index in [1.807, 2.05) is 0 Å². The minimum atomic E-state index is -4.46. The summed E-state index contributed by atoms with van der Waals surface area (Å²) in [7, 11) is 0. The zero-order chi connectivity index (χ0) is 20.2. The van der Waals surface area contributed by atoms with Crippen LogP contribution in [0.3, 0.4) is 0 Å². The van der Waals surface area contributed by atoms with Crippen LogP contribution in [0.15, 0.2) is 40.9 Å². The number of hydrogen-bond acceptors (Lipinski definition) is 2. The molecule has 4 rings (SSSR count). The molecule has 28 heavy (non-hydrogen) atoms. The first-order valence-corrected chi connectivity index (χ1v) is 10.0. The van der Waals surface area contributed by atoms with Gasteiger partial charge in [-0.3, -0.25) is 4.90 Å². The molecule has 3 nitrogen and oxygen atoms in total. The highest BCUT2D eigenvalue weighted by atomic mass is 79.9. The van der Waals surface area contributed by atoms with Crippen LogP contribution in [0.4, 0.5) is 18.0 Å². The van der Waals surface area contributed by atoms with Crippen LogP contribution in [-0.2, 0) is 10.9 Å². The van der Waals surface area contributed by atoms with Crippen molar-refractivity contribution < 1.29 is 22.7 Å². The molecule has 0 spiro atoms. The summed E-state index contributed by atoms with van der Waals surface area (Å²) in [5.41, 5.74) is 0.334. The van der Waals surface area contributed by atoms with Crippen molar-refractivity contribution in [3.8, 4) is 0 Å². The summed E-state index contributed by atoms with van der Waals surface area (Å²) in [4.78, 5) is 14.1. The van der Waals surface area contributed by atoms with E-state index in [-0.39, 0.29) is 6.04 Å². The number of amides is 1. The molecule has 0 bridgehead atoms. The van der Waals surface area contributed by atoms with Crippen molar-refractivity contribution in [2.24, 2.45) is 0 Å². The molecule has 0 aromatic heterocycles. The van der Waals surface area contributed by atoms with Crippen LogP contribution in [0.2, 0.25) is 10.0 Å². The Bertz CT molecular complexity index is 933. The molecule has 3 atom stereocenters. The van der Waals surface area contributed by atoms with Gasteiger partial charge in [0.15, 0.2) is 0 Å². The third-order valence-electron chi connectivity index (χ3n) is 5.11. The van der Waals surface area contributed by atoms with E-state index in [1.165, 1.54) is 11.0 Å². The number of carbonyl (C=O) groups excluding carboxylic acids is 1. The van der Waals surface area contributed by atoms with Gasteiger partial charge in [-0.05, 0) is 60.4 Å². The summed E-state index contributed by atoms with van der Waals surface area (Å²) >= 11 is 15.4. The number of cyclic esters (lactones) is 1. The lowest BCUT2D eigenvalue weighted by Crippen LogP contribution is -2.30. The quantitative estimate of drug-likeness (QED) is 0.442. The van der Waals surface area contributed by atoms with Gasteiger partial charge in [0.2, 0.25) is 0 Å². The molecular formula is C19H13BrCl2F3NO2. The van der Waals surface area contributed by atoms with Gasteiger partial charge < -0.3 is 4.74 Å². The smallest absolute Gasteiger partial charge is 0.416 e. The molecule has 0 N–H and O–H groups in total. The normalized spacial score (nSPS) is 24.4. The fourth-order valence-electron chi connectivity index (χ4n) is 3.96. The lowest BCUT2D eigenvalue weighted by Gasteiger charge is -2.24. The zero-order valence-corrected chi connectivity index (χ0v) is 17.2. The van der Waals surface area contributed by atoms with E-state index in [4.69, 9.17) is 27.9 Å². The highest BCUT2D eigenvalue weighted by Gasteiger charge is 2.51. The molecule has 0 aliphatic carbocycles. The molecule has 2 aromatic carbocycles. The van der Waals surface area contributed by atoms with Crippen molar-refractivity contribution in [3.63, 3.8) is 0 Å². The SMILES string of the molecule is O=C1OC(c2cc(Cl)cc(Cl)c2)C2CCC(c3cc(C(F)(F)F)ccc3Br)N12. The van der Waals surface area contributed by atoms with Crippen LogP contribution in [-0.4, -0.2) is 17.0 Å². The number of alkyl halides is 3. The van der Waals surface area contributed by atoms with Crippen LogP contribution < -0.4 is 0 Å². The summed E-state index contributed by atoms with van der Waals surface area (Å²) in [6.07, 6.45) is -4.46. The average Bonchev–Trinajstić information content (AvgIpc) is 3.15. The van der Waals surface area contributed by atoms with Gasteiger partial charge in [-0.2, -0.15) is 13.2 Å². The van der Waals surface area contributed by atoms with Crippen LogP contribution in [0.25, 0.3) is 0 Å². The molecule has 2 aliphatic heterocycles. The highest BCUT2D eigenvalue weighted by Crippen LogP contribution is 2.49. The van der Waals surface area contributed by atoms with E-state index in [0.717, 1.165) is 12.1 Å². The van der Waals surface area contributed by atoms with E-state index in [9.17, 15) is 18.0 Å². The molecule has 148 valence electrons. The molecule has 2 saturated heterocycles. The number of carbonyl (C=O) groups is 1. The van der Waals surface area contributed by atoms with Gasteiger partial charge in [0, 0.05) is 14.5 Å². The highest BCUT2D eigenvalue weighted by molar-refractivity contribution is 9.10. The molecule has 2 heterocycles. The summed E-state index contributed by atoms with van der Waals surface area (Å²) in [6.45, 7) is 0. The van der Waals surface area contributed by atoms with Crippen molar-refractivity contribution in [2.45, 2.75) is 37.2 Å². The summed E-state index contributed by atoms with van der Waals surface area (Å²) < 4.78 is 45.5. The first-order valence-electron chi connectivity index (χ1n) is 8.47. The first-order chi connectivity index (χ1) is 13.1. The second-order valence-electron chi connectivity index (χ2n) is 6.81. The van der Waals surface area contributed by atoms with Gasteiger partial charge in [0.05, 0.1) is 17.6 Å². The molecule has 0 saturated carbocycles. The third kappa shape index (κ3) is 3.48. The van der Waals surface area contributed by atoms with E-state index < -0.39 is 30.0 Å². The van der Waals surface area contributed by atoms with E-state index in [2.05, 4.69) is 15.9 Å². The Hall–Kier alpha value is -1.44. The predicted molar refractivity (Wildman–Crippen MR) is 102 cm³/mol. The van der Waals surface area contributed by atoms with Crippen molar-refractivity contribution in [2.75, 3.05) is 0 Å².